The number of amides is 1. The largest absolute Gasteiger partial charge is 0.493 e. The highest BCUT2D eigenvalue weighted by Crippen LogP contribution is 2.37. The summed E-state index contributed by atoms with van der Waals surface area (Å²) in [5.41, 5.74) is 9.78. The summed E-state index contributed by atoms with van der Waals surface area (Å²) in [5, 5.41) is 13.7. The van der Waals surface area contributed by atoms with Gasteiger partial charge in [0.1, 0.15) is 0 Å². The first kappa shape index (κ1) is 28.6. The van der Waals surface area contributed by atoms with Crippen LogP contribution in [0.1, 0.15) is 20.7 Å². The zero-order valence-electron chi connectivity index (χ0n) is 23.7. The third kappa shape index (κ3) is 5.66. The fourth-order valence-electron chi connectivity index (χ4n) is 4.64. The molecule has 0 spiro atoms. The molecule has 0 radical (unpaired) electrons. The first-order valence-corrected chi connectivity index (χ1v) is 12.8. The van der Waals surface area contributed by atoms with Crippen molar-refractivity contribution < 1.29 is 33.6 Å². The maximum Gasteiger partial charge on any atom is 0.335 e. The van der Waals surface area contributed by atoms with E-state index in [0.717, 1.165) is 0 Å². The smallest absolute Gasteiger partial charge is 0.335 e. The number of aromatic nitrogens is 3. The number of rotatable bonds is 10. The molecular formula is C31H27N5O7. The zero-order chi connectivity index (χ0) is 30.7. The molecule has 0 aliphatic heterocycles. The lowest BCUT2D eigenvalue weighted by molar-refractivity contribution is 0.0696. The van der Waals surface area contributed by atoms with Gasteiger partial charge in [0.25, 0.3) is 5.91 Å². The minimum Gasteiger partial charge on any atom is -0.493 e. The maximum absolute atomic E-state index is 12.5. The summed E-state index contributed by atoms with van der Waals surface area (Å²) in [5.74, 6) is -0.500. The molecule has 5 aromatic rings. The Hall–Kier alpha value is -5.91. The maximum atomic E-state index is 12.5. The number of hydrogen-bond donors (Lipinski definition) is 3. The van der Waals surface area contributed by atoms with Gasteiger partial charge in [0, 0.05) is 23.5 Å². The van der Waals surface area contributed by atoms with Crippen molar-refractivity contribution >= 4 is 34.2 Å². The molecular weight excluding hydrogens is 554 g/mol. The van der Waals surface area contributed by atoms with Gasteiger partial charge in [0.2, 0.25) is 5.88 Å². The number of carboxylic acid groups (broad SMARTS) is 1. The van der Waals surface area contributed by atoms with Crippen LogP contribution in [-0.4, -0.2) is 60.4 Å². The van der Waals surface area contributed by atoms with E-state index in [1.165, 1.54) is 40.7 Å². The minimum atomic E-state index is -1.12. The van der Waals surface area contributed by atoms with Crippen molar-refractivity contribution in [2.24, 2.45) is 5.73 Å². The number of aromatic carboxylic acids is 1. The molecule has 3 aromatic carbocycles. The van der Waals surface area contributed by atoms with E-state index >= 15 is 0 Å². The number of methoxy groups -OCH3 is 4. The molecule has 12 heteroatoms. The van der Waals surface area contributed by atoms with Crippen molar-refractivity contribution in [1.82, 2.24) is 15.0 Å². The van der Waals surface area contributed by atoms with Gasteiger partial charge in [-0.3, -0.25) is 9.78 Å². The van der Waals surface area contributed by atoms with E-state index in [4.69, 9.17) is 24.7 Å². The van der Waals surface area contributed by atoms with Crippen LogP contribution >= 0.6 is 0 Å². The van der Waals surface area contributed by atoms with Crippen LogP contribution in [0.4, 0.5) is 11.4 Å². The fraction of sp³-hybridized carbons (Fsp3) is 0.129. The number of nitrogens with two attached hydrogens (primary N) is 1. The number of carboxylic acids is 1. The molecule has 0 aliphatic rings. The molecule has 1 amide bonds. The van der Waals surface area contributed by atoms with E-state index in [-0.39, 0.29) is 17.1 Å². The van der Waals surface area contributed by atoms with Gasteiger partial charge in [-0.2, -0.15) is 4.98 Å². The Morgan fingerprint density at radius 2 is 1.56 bits per heavy atom. The van der Waals surface area contributed by atoms with E-state index in [9.17, 15) is 14.7 Å². The number of benzene rings is 3. The summed E-state index contributed by atoms with van der Waals surface area (Å²) in [4.78, 5) is 37.4. The summed E-state index contributed by atoms with van der Waals surface area (Å²) >= 11 is 0. The highest BCUT2D eigenvalue weighted by atomic mass is 16.5. The van der Waals surface area contributed by atoms with Crippen LogP contribution < -0.4 is 30.0 Å². The van der Waals surface area contributed by atoms with Crippen LogP contribution in [-0.2, 0) is 0 Å². The Morgan fingerprint density at radius 3 is 2.23 bits per heavy atom. The number of carbonyl (C=O) groups excluding carboxylic acids is 1. The lowest BCUT2D eigenvalue weighted by Gasteiger charge is -2.16. The van der Waals surface area contributed by atoms with Crippen molar-refractivity contribution in [2.75, 3.05) is 33.8 Å². The summed E-state index contributed by atoms with van der Waals surface area (Å²) in [7, 11) is 6.00. The first-order valence-electron chi connectivity index (χ1n) is 12.8. The van der Waals surface area contributed by atoms with Gasteiger partial charge in [0.05, 0.1) is 56.3 Å². The second-order valence-electron chi connectivity index (χ2n) is 9.22. The minimum absolute atomic E-state index is 0.0302. The molecule has 2 aromatic heterocycles. The third-order valence-electron chi connectivity index (χ3n) is 6.72. The van der Waals surface area contributed by atoms with Crippen molar-refractivity contribution in [3.05, 3.63) is 78.1 Å². The van der Waals surface area contributed by atoms with E-state index in [0.29, 0.717) is 61.9 Å². The van der Waals surface area contributed by atoms with Gasteiger partial charge in [0.15, 0.2) is 11.5 Å². The topological polar surface area (TPSA) is 168 Å². The summed E-state index contributed by atoms with van der Waals surface area (Å²) in [6, 6.07) is 15.6. The Morgan fingerprint density at radius 1 is 0.791 bits per heavy atom. The van der Waals surface area contributed by atoms with Crippen molar-refractivity contribution in [2.45, 2.75) is 0 Å². The van der Waals surface area contributed by atoms with Crippen molar-refractivity contribution in [3.63, 3.8) is 0 Å². The van der Waals surface area contributed by atoms with Crippen molar-refractivity contribution in [1.29, 1.82) is 0 Å². The predicted molar refractivity (Wildman–Crippen MR) is 160 cm³/mol. The number of hydrogen-bond acceptors (Lipinski definition) is 10. The highest BCUT2D eigenvalue weighted by Gasteiger charge is 2.18. The summed E-state index contributed by atoms with van der Waals surface area (Å²) in [6.45, 7) is 0. The van der Waals surface area contributed by atoms with Gasteiger partial charge in [-0.15, -0.1) is 0 Å². The normalized spacial score (nSPS) is 10.7. The monoisotopic (exact) mass is 581 g/mol. The molecule has 0 unspecified atom stereocenters. The third-order valence-corrected chi connectivity index (χ3v) is 6.72. The molecule has 2 heterocycles. The highest BCUT2D eigenvalue weighted by molar-refractivity contribution is 6.08. The van der Waals surface area contributed by atoms with E-state index in [1.807, 2.05) is 0 Å². The number of pyridine rings is 1. The van der Waals surface area contributed by atoms with Crippen LogP contribution in [0.15, 0.2) is 67.0 Å². The number of ether oxygens (including phenoxy) is 4. The van der Waals surface area contributed by atoms with Gasteiger partial charge in [-0.25, -0.2) is 9.78 Å². The Balaban J connectivity index is 1.63. The average Bonchev–Trinajstić information content (AvgIpc) is 3.03. The van der Waals surface area contributed by atoms with Gasteiger partial charge in [-0.05, 0) is 53.1 Å². The van der Waals surface area contributed by atoms with E-state index in [2.05, 4.69) is 20.3 Å². The Bertz CT molecular complexity index is 1880. The second-order valence-corrected chi connectivity index (χ2v) is 9.22. The average molecular weight is 582 g/mol. The first-order chi connectivity index (χ1) is 20.8. The summed E-state index contributed by atoms with van der Waals surface area (Å²) in [6.07, 6.45) is 2.95. The number of fused-ring (bicyclic) bond motifs is 1. The van der Waals surface area contributed by atoms with Gasteiger partial charge >= 0.3 is 12.0 Å². The molecule has 218 valence electrons. The quantitative estimate of drug-likeness (QED) is 0.204. The van der Waals surface area contributed by atoms with Crippen LogP contribution in [0, 0.1) is 0 Å². The molecule has 0 atom stereocenters. The van der Waals surface area contributed by atoms with Crippen LogP contribution in [0.2, 0.25) is 0 Å². The molecule has 0 saturated heterocycles. The SMILES string of the molecule is COc1ncc(-c2ccc3c(Nc4cc(C(=O)O)cc(-c5ccc(OC)c(OC)c5)c4)c(C(N)=O)cnc3c2)c(OC)n1. The van der Waals surface area contributed by atoms with Gasteiger partial charge in [-0.1, -0.05) is 18.2 Å². The number of anilines is 2. The van der Waals surface area contributed by atoms with Crippen LogP contribution in [0.3, 0.4) is 0 Å². The fourth-order valence-corrected chi connectivity index (χ4v) is 4.64. The number of nitrogens with zero attached hydrogens (tertiary/aromatic N) is 3. The zero-order valence-corrected chi connectivity index (χ0v) is 23.7. The van der Waals surface area contributed by atoms with Crippen molar-refractivity contribution in [3.8, 4) is 45.6 Å². The number of carbonyl (C=O) groups is 2. The molecule has 0 fully saturated rings. The Labute approximate surface area is 246 Å². The molecule has 0 aliphatic carbocycles. The molecule has 0 saturated carbocycles. The van der Waals surface area contributed by atoms with Crippen LogP contribution in [0.25, 0.3) is 33.2 Å². The van der Waals surface area contributed by atoms with E-state index in [1.54, 1.807) is 54.7 Å². The molecule has 0 bridgehead atoms. The lowest BCUT2D eigenvalue weighted by atomic mass is 10.00. The van der Waals surface area contributed by atoms with E-state index < -0.39 is 11.9 Å². The molecule has 5 rings (SSSR count). The van der Waals surface area contributed by atoms with Gasteiger partial charge < -0.3 is 35.1 Å². The summed E-state index contributed by atoms with van der Waals surface area (Å²) < 4.78 is 21.3. The molecule has 43 heavy (non-hydrogen) atoms. The van der Waals surface area contributed by atoms with Crippen LogP contribution in [0.5, 0.6) is 23.4 Å². The lowest BCUT2D eigenvalue weighted by Crippen LogP contribution is -2.14. The second kappa shape index (κ2) is 11.9. The standard InChI is InChI=1S/C31H27N5O7/c1-40-25-8-6-16(13-26(25)41-2)18-9-19(30(38)39)11-20(10-18)35-27-21-7-5-17(12-24(21)33-15-23(27)28(32)37)22-14-34-31(43-4)36-29(22)42-3/h5-15H,1-4H3,(H2,32,37)(H,33,35)(H,38,39). The predicted octanol–water partition coefficient (Wildman–Crippen LogP) is 4.93. The molecule has 12 nitrogen and oxygen atoms in total. The number of nitrogens with one attached hydrogen (secondary N) is 1. The molecule has 4 N–H and O–H groups in total. The Kier molecular flexibility index (Phi) is 7.92. The number of primary amides is 1.